The zero-order valence-electron chi connectivity index (χ0n) is 16.5. The second-order valence-electron chi connectivity index (χ2n) is 6.34. The lowest BCUT2D eigenvalue weighted by atomic mass is 9.97. The van der Waals surface area contributed by atoms with Gasteiger partial charge in [-0.25, -0.2) is 9.78 Å². The number of benzene rings is 2. The Morgan fingerprint density at radius 2 is 1.87 bits per heavy atom. The van der Waals surface area contributed by atoms with Crippen LogP contribution in [-0.2, 0) is 4.74 Å². The average molecular weight is 401 g/mol. The molecule has 4 aromatic rings. The number of esters is 1. The second kappa shape index (κ2) is 8.57. The molecule has 0 spiro atoms. The van der Waals surface area contributed by atoms with Gasteiger partial charge in [-0.1, -0.05) is 42.5 Å². The third-order valence-corrected chi connectivity index (χ3v) is 4.48. The molecule has 2 aromatic carbocycles. The van der Waals surface area contributed by atoms with Gasteiger partial charge in [-0.3, -0.25) is 0 Å². The van der Waals surface area contributed by atoms with Crippen LogP contribution in [0.2, 0.25) is 0 Å². The van der Waals surface area contributed by atoms with E-state index in [1.165, 1.54) is 6.26 Å². The molecule has 2 aromatic heterocycles. The van der Waals surface area contributed by atoms with Gasteiger partial charge in [0, 0.05) is 11.1 Å². The highest BCUT2D eigenvalue weighted by Crippen LogP contribution is 2.38. The van der Waals surface area contributed by atoms with Crippen LogP contribution in [0, 0.1) is 0 Å². The Bertz CT molecular complexity index is 1170. The molecule has 0 saturated carbocycles. The molecule has 0 saturated heterocycles. The van der Waals surface area contributed by atoms with E-state index in [9.17, 15) is 4.79 Å². The van der Waals surface area contributed by atoms with Gasteiger partial charge in [-0.2, -0.15) is 5.10 Å². The molecule has 0 aliphatic carbocycles. The van der Waals surface area contributed by atoms with Gasteiger partial charge in [0.15, 0.2) is 5.69 Å². The SMILES string of the molecule is CCOC(=O)c1coc(-c2c(-c3ccccc3)cnnc2-c2cccc(OC)c2)n1. The molecule has 0 unspecified atom stereocenters. The van der Waals surface area contributed by atoms with Gasteiger partial charge in [0.05, 0.1) is 25.5 Å². The van der Waals surface area contributed by atoms with Crippen LogP contribution in [0.5, 0.6) is 5.75 Å². The van der Waals surface area contributed by atoms with Crippen LogP contribution in [0.15, 0.2) is 71.5 Å². The molecule has 7 nitrogen and oxygen atoms in total. The van der Waals surface area contributed by atoms with E-state index in [-0.39, 0.29) is 18.2 Å². The maximum Gasteiger partial charge on any atom is 0.360 e. The lowest BCUT2D eigenvalue weighted by molar-refractivity contribution is 0.0519. The number of hydrogen-bond donors (Lipinski definition) is 0. The highest BCUT2D eigenvalue weighted by Gasteiger charge is 2.23. The van der Waals surface area contributed by atoms with Gasteiger partial charge >= 0.3 is 5.97 Å². The Morgan fingerprint density at radius 1 is 1.07 bits per heavy atom. The van der Waals surface area contributed by atoms with Crippen molar-refractivity contribution < 1.29 is 18.7 Å². The first kappa shape index (κ1) is 19.3. The zero-order valence-corrected chi connectivity index (χ0v) is 16.5. The number of aromatic nitrogens is 3. The fourth-order valence-corrected chi connectivity index (χ4v) is 3.10. The third kappa shape index (κ3) is 3.77. The molecule has 0 atom stereocenters. The van der Waals surface area contributed by atoms with E-state index in [1.807, 2.05) is 54.6 Å². The minimum absolute atomic E-state index is 0.0965. The van der Waals surface area contributed by atoms with Crippen molar-refractivity contribution in [1.29, 1.82) is 0 Å². The third-order valence-electron chi connectivity index (χ3n) is 4.48. The van der Waals surface area contributed by atoms with Crippen LogP contribution in [0.25, 0.3) is 33.8 Å². The topological polar surface area (TPSA) is 87.3 Å². The molecule has 0 bridgehead atoms. The lowest BCUT2D eigenvalue weighted by Gasteiger charge is -2.12. The van der Waals surface area contributed by atoms with Crippen molar-refractivity contribution in [3.8, 4) is 39.6 Å². The Kier molecular flexibility index (Phi) is 5.52. The minimum Gasteiger partial charge on any atom is -0.497 e. The van der Waals surface area contributed by atoms with Gasteiger partial charge in [-0.15, -0.1) is 5.10 Å². The van der Waals surface area contributed by atoms with Crippen LogP contribution >= 0.6 is 0 Å². The van der Waals surface area contributed by atoms with Crippen LogP contribution < -0.4 is 4.74 Å². The summed E-state index contributed by atoms with van der Waals surface area (Å²) < 4.78 is 16.1. The monoisotopic (exact) mass is 401 g/mol. The Hall–Kier alpha value is -4.00. The van der Waals surface area contributed by atoms with E-state index in [0.29, 0.717) is 17.0 Å². The number of methoxy groups -OCH3 is 1. The van der Waals surface area contributed by atoms with Crippen LogP contribution in [0.4, 0.5) is 0 Å². The van der Waals surface area contributed by atoms with E-state index in [1.54, 1.807) is 20.2 Å². The van der Waals surface area contributed by atoms with Crippen molar-refractivity contribution >= 4 is 5.97 Å². The van der Waals surface area contributed by atoms with E-state index in [0.717, 1.165) is 16.7 Å². The summed E-state index contributed by atoms with van der Waals surface area (Å²) in [5.41, 5.74) is 3.76. The number of carbonyl (C=O) groups is 1. The van der Waals surface area contributed by atoms with E-state index in [2.05, 4.69) is 15.2 Å². The predicted octanol–water partition coefficient (Wildman–Crippen LogP) is 4.65. The Morgan fingerprint density at radius 3 is 2.63 bits per heavy atom. The highest BCUT2D eigenvalue weighted by atomic mass is 16.5. The normalized spacial score (nSPS) is 10.6. The fraction of sp³-hybridized carbons (Fsp3) is 0.130. The maximum atomic E-state index is 12.1. The summed E-state index contributed by atoms with van der Waals surface area (Å²) >= 11 is 0. The van der Waals surface area contributed by atoms with Crippen LogP contribution in [0.1, 0.15) is 17.4 Å². The molecule has 0 aliphatic rings. The molecule has 0 aliphatic heterocycles. The number of carbonyl (C=O) groups excluding carboxylic acids is 1. The Balaban J connectivity index is 1.93. The first-order valence-corrected chi connectivity index (χ1v) is 9.39. The summed E-state index contributed by atoms with van der Waals surface area (Å²) in [4.78, 5) is 16.5. The summed E-state index contributed by atoms with van der Waals surface area (Å²) in [7, 11) is 1.60. The molecular weight excluding hydrogens is 382 g/mol. The molecule has 0 fully saturated rings. The maximum absolute atomic E-state index is 12.1. The standard InChI is InChI=1S/C23H19N3O4/c1-3-29-23(27)19-14-30-22(25-19)20-18(15-8-5-4-6-9-15)13-24-26-21(20)16-10-7-11-17(12-16)28-2/h4-14H,3H2,1-2H3. The first-order chi connectivity index (χ1) is 14.7. The first-order valence-electron chi connectivity index (χ1n) is 9.39. The largest absolute Gasteiger partial charge is 0.497 e. The number of rotatable bonds is 6. The summed E-state index contributed by atoms with van der Waals surface area (Å²) in [5, 5.41) is 8.55. The summed E-state index contributed by atoms with van der Waals surface area (Å²) in [6.45, 7) is 1.99. The van der Waals surface area contributed by atoms with E-state index >= 15 is 0 Å². The van der Waals surface area contributed by atoms with Gasteiger partial charge in [-0.05, 0) is 24.6 Å². The molecule has 150 valence electrons. The minimum atomic E-state index is -0.543. The molecular formula is C23H19N3O4. The fourth-order valence-electron chi connectivity index (χ4n) is 3.10. The second-order valence-corrected chi connectivity index (χ2v) is 6.34. The number of ether oxygens (including phenoxy) is 2. The van der Waals surface area contributed by atoms with Crippen molar-refractivity contribution in [2.45, 2.75) is 6.92 Å². The number of hydrogen-bond acceptors (Lipinski definition) is 7. The van der Waals surface area contributed by atoms with E-state index < -0.39 is 5.97 Å². The highest BCUT2D eigenvalue weighted by molar-refractivity contribution is 5.91. The van der Waals surface area contributed by atoms with Crippen molar-refractivity contribution in [2.24, 2.45) is 0 Å². The van der Waals surface area contributed by atoms with Gasteiger partial charge in [0.25, 0.3) is 0 Å². The summed E-state index contributed by atoms with van der Waals surface area (Å²) in [6.07, 6.45) is 2.94. The van der Waals surface area contributed by atoms with Crippen molar-refractivity contribution in [3.63, 3.8) is 0 Å². The van der Waals surface area contributed by atoms with Crippen LogP contribution in [-0.4, -0.2) is 34.9 Å². The molecule has 0 radical (unpaired) electrons. The molecule has 0 N–H and O–H groups in total. The quantitative estimate of drug-likeness (QED) is 0.435. The molecule has 7 heteroatoms. The zero-order chi connectivity index (χ0) is 20.9. The smallest absolute Gasteiger partial charge is 0.360 e. The summed E-state index contributed by atoms with van der Waals surface area (Å²) in [6, 6.07) is 17.2. The van der Waals surface area contributed by atoms with Crippen molar-refractivity contribution in [3.05, 3.63) is 72.8 Å². The van der Waals surface area contributed by atoms with Crippen LogP contribution in [0.3, 0.4) is 0 Å². The van der Waals surface area contributed by atoms with Crippen molar-refractivity contribution in [1.82, 2.24) is 15.2 Å². The number of oxazole rings is 1. The van der Waals surface area contributed by atoms with Gasteiger partial charge in [0.1, 0.15) is 17.7 Å². The van der Waals surface area contributed by atoms with Crippen molar-refractivity contribution in [2.75, 3.05) is 13.7 Å². The predicted molar refractivity (Wildman–Crippen MR) is 111 cm³/mol. The molecule has 4 rings (SSSR count). The molecule has 2 heterocycles. The van der Waals surface area contributed by atoms with E-state index in [4.69, 9.17) is 13.9 Å². The Labute approximate surface area is 173 Å². The number of nitrogens with zero attached hydrogens (tertiary/aromatic N) is 3. The summed E-state index contributed by atoms with van der Waals surface area (Å²) in [5.74, 6) is 0.397. The van der Waals surface area contributed by atoms with Gasteiger partial charge in [0.2, 0.25) is 5.89 Å². The van der Waals surface area contributed by atoms with Gasteiger partial charge < -0.3 is 13.9 Å². The average Bonchev–Trinajstić information content (AvgIpc) is 3.29. The lowest BCUT2D eigenvalue weighted by Crippen LogP contribution is -2.05. The molecule has 30 heavy (non-hydrogen) atoms. The molecule has 0 amide bonds.